The molecule has 3 aromatic rings. The molecule has 1 aromatic carbocycles. The first-order chi connectivity index (χ1) is 14.2. The third-order valence-electron chi connectivity index (χ3n) is 7.55. The van der Waals surface area contributed by atoms with Gasteiger partial charge in [0.25, 0.3) is 5.56 Å². The van der Waals surface area contributed by atoms with Gasteiger partial charge in [-0.3, -0.25) is 9.36 Å². The fourth-order valence-corrected chi connectivity index (χ4v) is 5.73. The van der Waals surface area contributed by atoms with E-state index in [1.807, 2.05) is 33.9 Å². The molecule has 2 heterocycles. The molecule has 2 N–H and O–H groups in total. The number of nitrogens with zero attached hydrogens (tertiary/aromatic N) is 4. The summed E-state index contributed by atoms with van der Waals surface area (Å²) in [5.41, 5.74) is 8.91. The van der Waals surface area contributed by atoms with Gasteiger partial charge in [-0.2, -0.15) is 4.98 Å². The first-order valence-corrected chi connectivity index (χ1v) is 10.8. The molecule has 6 rings (SSSR count). The van der Waals surface area contributed by atoms with Gasteiger partial charge in [-0.25, -0.2) is 4.98 Å². The maximum absolute atomic E-state index is 13.3. The number of rotatable bonds is 3. The molecule has 0 amide bonds. The van der Waals surface area contributed by atoms with E-state index in [0.717, 1.165) is 66.9 Å². The minimum atomic E-state index is -0.177. The number of fused-ring (bicyclic) bond motifs is 4. The number of nitrogens with two attached hydrogens (primary N) is 1. The zero-order valence-corrected chi connectivity index (χ0v) is 18.2. The van der Waals surface area contributed by atoms with Gasteiger partial charge in [-0.15, -0.1) is 0 Å². The van der Waals surface area contributed by atoms with E-state index in [-0.39, 0.29) is 22.4 Å². The molecule has 2 aromatic heterocycles. The lowest BCUT2D eigenvalue weighted by atomic mass is 9.53. The van der Waals surface area contributed by atoms with Crippen molar-refractivity contribution in [3.8, 4) is 0 Å². The Morgan fingerprint density at radius 2 is 1.70 bits per heavy atom. The van der Waals surface area contributed by atoms with Crippen LogP contribution in [0, 0.1) is 13.8 Å². The van der Waals surface area contributed by atoms with Crippen molar-refractivity contribution in [3.05, 3.63) is 51.2 Å². The molecule has 0 spiro atoms. The zero-order valence-electron chi connectivity index (χ0n) is 18.2. The van der Waals surface area contributed by atoms with Gasteiger partial charge < -0.3 is 10.3 Å². The van der Waals surface area contributed by atoms with Crippen molar-refractivity contribution in [2.75, 3.05) is 0 Å². The Morgan fingerprint density at radius 1 is 1.07 bits per heavy atom. The average Bonchev–Trinajstić information content (AvgIpc) is 3.19. The molecule has 0 radical (unpaired) electrons. The summed E-state index contributed by atoms with van der Waals surface area (Å²) in [4.78, 5) is 23.0. The third kappa shape index (κ3) is 2.68. The largest absolute Gasteiger partial charge is 0.339 e. The van der Waals surface area contributed by atoms with Crippen LogP contribution in [0.5, 0.6) is 0 Å². The fourth-order valence-electron chi connectivity index (χ4n) is 5.73. The molecular formula is C23H29N5O2. The predicted molar refractivity (Wildman–Crippen MR) is 114 cm³/mol. The zero-order chi connectivity index (χ0) is 21.3. The highest BCUT2D eigenvalue weighted by molar-refractivity contribution is 5.82. The molecule has 7 heteroatoms. The van der Waals surface area contributed by atoms with Gasteiger partial charge in [0, 0.05) is 23.9 Å². The second kappa shape index (κ2) is 6.48. The summed E-state index contributed by atoms with van der Waals surface area (Å²) >= 11 is 0. The lowest BCUT2D eigenvalue weighted by Crippen LogP contribution is -2.49. The van der Waals surface area contributed by atoms with E-state index >= 15 is 0 Å². The van der Waals surface area contributed by atoms with Crippen LogP contribution < -0.4 is 11.3 Å². The molecule has 7 nitrogen and oxygen atoms in total. The number of aromatic nitrogens is 4. The van der Waals surface area contributed by atoms with E-state index in [1.165, 1.54) is 0 Å². The maximum Gasteiger partial charge on any atom is 0.261 e. The molecule has 0 aliphatic heterocycles. The number of hydrogen-bond acceptors (Lipinski definition) is 6. The minimum absolute atomic E-state index is 0.0184. The Kier molecular flexibility index (Phi) is 4.19. The van der Waals surface area contributed by atoms with Crippen molar-refractivity contribution < 1.29 is 4.52 Å². The Bertz CT molecular complexity index is 1180. The summed E-state index contributed by atoms with van der Waals surface area (Å²) < 4.78 is 7.35. The van der Waals surface area contributed by atoms with Crippen LogP contribution in [-0.4, -0.2) is 19.7 Å². The van der Waals surface area contributed by atoms with E-state index in [1.54, 1.807) is 4.57 Å². The quantitative estimate of drug-likeness (QED) is 0.713. The second-order valence-corrected chi connectivity index (χ2v) is 9.55. The standard InChI is InChI=1S/C23H29N5O2/c1-13-11-16(14(2)24)18-17(12-13)19(29)28(4)20(26-18)22-5-8-23(9-6-22,10-7-22)21-25-15(3)27-30-21/h11-12,14H,5-10,24H2,1-4H3/t14-,22?,23?/m1/s1. The van der Waals surface area contributed by atoms with Gasteiger partial charge in [0.1, 0.15) is 5.82 Å². The van der Waals surface area contributed by atoms with Gasteiger partial charge in [0.2, 0.25) is 5.89 Å². The molecule has 1 atom stereocenters. The smallest absolute Gasteiger partial charge is 0.261 e. The highest BCUT2D eigenvalue weighted by atomic mass is 16.5. The van der Waals surface area contributed by atoms with Crippen LogP contribution >= 0.6 is 0 Å². The van der Waals surface area contributed by atoms with Crippen LogP contribution in [0.15, 0.2) is 21.5 Å². The van der Waals surface area contributed by atoms with Gasteiger partial charge in [-0.1, -0.05) is 11.2 Å². The maximum atomic E-state index is 13.3. The molecule has 0 unspecified atom stereocenters. The van der Waals surface area contributed by atoms with Crippen LogP contribution in [0.4, 0.5) is 0 Å². The minimum Gasteiger partial charge on any atom is -0.339 e. The molecular weight excluding hydrogens is 378 g/mol. The molecule has 0 saturated heterocycles. The Balaban J connectivity index is 1.61. The van der Waals surface area contributed by atoms with Crippen LogP contribution in [0.1, 0.15) is 80.2 Å². The van der Waals surface area contributed by atoms with Crippen molar-refractivity contribution in [3.63, 3.8) is 0 Å². The molecule has 3 fully saturated rings. The highest BCUT2D eigenvalue weighted by Gasteiger charge is 2.54. The monoisotopic (exact) mass is 407 g/mol. The molecule has 3 saturated carbocycles. The molecule has 158 valence electrons. The number of hydrogen-bond donors (Lipinski definition) is 1. The summed E-state index contributed by atoms with van der Waals surface area (Å²) in [7, 11) is 1.87. The molecule has 30 heavy (non-hydrogen) atoms. The lowest BCUT2D eigenvalue weighted by Gasteiger charge is -2.51. The predicted octanol–water partition coefficient (Wildman–Crippen LogP) is 3.50. The van der Waals surface area contributed by atoms with E-state index in [2.05, 4.69) is 16.2 Å². The summed E-state index contributed by atoms with van der Waals surface area (Å²) in [5, 5.41) is 4.67. The SMILES string of the molecule is Cc1cc([C@@H](C)N)c2nc(C34CCC(c5nc(C)no5)(CC3)CC4)n(C)c(=O)c2c1. The number of benzene rings is 1. The van der Waals surface area contributed by atoms with E-state index in [4.69, 9.17) is 15.2 Å². The van der Waals surface area contributed by atoms with Crippen LogP contribution in [0.2, 0.25) is 0 Å². The highest BCUT2D eigenvalue weighted by Crippen LogP contribution is 2.57. The van der Waals surface area contributed by atoms with Crippen molar-refractivity contribution in [1.29, 1.82) is 0 Å². The normalized spacial score (nSPS) is 27.0. The van der Waals surface area contributed by atoms with Crippen molar-refractivity contribution in [1.82, 2.24) is 19.7 Å². The van der Waals surface area contributed by atoms with E-state index < -0.39 is 0 Å². The Labute approximate surface area is 175 Å². The molecule has 3 aliphatic carbocycles. The molecule has 3 aliphatic rings. The summed E-state index contributed by atoms with van der Waals surface area (Å²) in [6.45, 7) is 5.82. The van der Waals surface area contributed by atoms with Crippen molar-refractivity contribution in [2.24, 2.45) is 12.8 Å². The van der Waals surface area contributed by atoms with Crippen LogP contribution in [0.3, 0.4) is 0 Å². The lowest BCUT2D eigenvalue weighted by molar-refractivity contribution is 0.0684. The average molecular weight is 408 g/mol. The van der Waals surface area contributed by atoms with Gasteiger partial charge in [-0.05, 0) is 76.5 Å². The van der Waals surface area contributed by atoms with E-state index in [9.17, 15) is 4.79 Å². The van der Waals surface area contributed by atoms with Gasteiger partial charge in [0.05, 0.1) is 10.9 Å². The van der Waals surface area contributed by atoms with Gasteiger partial charge >= 0.3 is 0 Å². The third-order valence-corrected chi connectivity index (χ3v) is 7.55. The van der Waals surface area contributed by atoms with Crippen LogP contribution in [0.25, 0.3) is 10.9 Å². The topological polar surface area (TPSA) is 99.8 Å². The van der Waals surface area contributed by atoms with Crippen molar-refractivity contribution >= 4 is 10.9 Å². The Hall–Kier alpha value is -2.54. The first-order valence-electron chi connectivity index (χ1n) is 10.8. The number of aryl methyl sites for hydroxylation is 2. The summed E-state index contributed by atoms with van der Waals surface area (Å²) in [6.07, 6.45) is 5.86. The second-order valence-electron chi connectivity index (χ2n) is 9.55. The van der Waals surface area contributed by atoms with Crippen LogP contribution in [-0.2, 0) is 17.9 Å². The molecule has 2 bridgehead atoms. The summed E-state index contributed by atoms with van der Waals surface area (Å²) in [5.74, 6) is 2.38. The van der Waals surface area contributed by atoms with Crippen molar-refractivity contribution in [2.45, 2.75) is 76.2 Å². The van der Waals surface area contributed by atoms with Gasteiger partial charge in [0.15, 0.2) is 5.82 Å². The first kappa shape index (κ1) is 19.4. The summed E-state index contributed by atoms with van der Waals surface area (Å²) in [6, 6.07) is 3.82. The fraction of sp³-hybridized carbons (Fsp3) is 0.565. The van der Waals surface area contributed by atoms with E-state index in [0.29, 0.717) is 11.2 Å². The Morgan fingerprint density at radius 3 is 2.27 bits per heavy atom.